The van der Waals surface area contributed by atoms with Crippen LogP contribution in [0.1, 0.15) is 24.1 Å². The molecule has 1 aliphatic rings. The zero-order valence-electron chi connectivity index (χ0n) is 18.5. The van der Waals surface area contributed by atoms with E-state index in [1.807, 2.05) is 12.3 Å². The van der Waals surface area contributed by atoms with E-state index < -0.39 is 10.0 Å². The fourth-order valence-corrected chi connectivity index (χ4v) is 4.54. The van der Waals surface area contributed by atoms with Crippen molar-refractivity contribution in [1.29, 1.82) is 0 Å². The van der Waals surface area contributed by atoms with Crippen LogP contribution >= 0.6 is 0 Å². The van der Waals surface area contributed by atoms with Crippen LogP contribution in [0.5, 0.6) is 11.5 Å². The van der Waals surface area contributed by atoms with Crippen LogP contribution < -0.4 is 14.2 Å². The molecular weight excluding hydrogens is 458 g/mol. The first-order chi connectivity index (χ1) is 16.5. The van der Waals surface area contributed by atoms with Gasteiger partial charge in [-0.2, -0.15) is 5.10 Å². The molecule has 1 saturated carbocycles. The summed E-state index contributed by atoms with van der Waals surface area (Å²) in [6, 6.07) is 6.88. The molecule has 0 aliphatic heterocycles. The number of ether oxygens (including phenoxy) is 2. The van der Waals surface area contributed by atoms with Crippen molar-refractivity contribution in [3.05, 3.63) is 54.1 Å². The molecule has 174 valence electrons. The van der Waals surface area contributed by atoms with Crippen LogP contribution in [0.15, 0.2) is 52.3 Å². The highest BCUT2D eigenvalue weighted by Crippen LogP contribution is 2.36. The largest absolute Gasteiger partial charge is 0.496 e. The number of rotatable bonds is 7. The van der Waals surface area contributed by atoms with Crippen LogP contribution in [0.2, 0.25) is 0 Å². The standard InChI is InChI=1S/C23H21N5O5S/c1-31-18-12-17(7-6-15-4-5-15)24-13-21(18)34(29,30)27-23-22-19(32-2)10-16(11-20(22)33-26-23)14-28-9-3-8-25-28/h3,8-13,15H,4-5,14H2,1-2H3,(H,26,27). The van der Waals surface area contributed by atoms with E-state index in [0.717, 1.165) is 18.4 Å². The lowest BCUT2D eigenvalue weighted by Crippen LogP contribution is -2.15. The third kappa shape index (κ3) is 4.40. The van der Waals surface area contributed by atoms with Gasteiger partial charge < -0.3 is 14.0 Å². The molecule has 3 heterocycles. The van der Waals surface area contributed by atoms with Crippen LogP contribution in [-0.4, -0.2) is 42.6 Å². The van der Waals surface area contributed by atoms with Gasteiger partial charge in [0.25, 0.3) is 10.0 Å². The number of nitrogens with zero attached hydrogens (tertiary/aromatic N) is 4. The molecule has 0 radical (unpaired) electrons. The highest BCUT2D eigenvalue weighted by molar-refractivity contribution is 7.92. The number of benzene rings is 1. The molecule has 4 aromatic rings. The van der Waals surface area contributed by atoms with E-state index in [1.165, 1.54) is 26.5 Å². The monoisotopic (exact) mass is 479 g/mol. The van der Waals surface area contributed by atoms with E-state index >= 15 is 0 Å². The summed E-state index contributed by atoms with van der Waals surface area (Å²) >= 11 is 0. The quantitative estimate of drug-likeness (QED) is 0.402. The van der Waals surface area contributed by atoms with Crippen molar-refractivity contribution in [3.8, 4) is 23.3 Å². The topological polar surface area (TPSA) is 121 Å². The van der Waals surface area contributed by atoms with Crippen molar-refractivity contribution in [3.63, 3.8) is 0 Å². The van der Waals surface area contributed by atoms with Gasteiger partial charge in [-0.25, -0.2) is 13.4 Å². The Kier molecular flexibility index (Phi) is 5.59. The third-order valence-corrected chi connectivity index (χ3v) is 6.62. The van der Waals surface area contributed by atoms with E-state index in [9.17, 15) is 8.42 Å². The maximum absolute atomic E-state index is 13.2. The first kappa shape index (κ1) is 21.8. The lowest BCUT2D eigenvalue weighted by Gasteiger charge is -2.11. The average molecular weight is 480 g/mol. The minimum absolute atomic E-state index is 0.00264. The Morgan fingerprint density at radius 1 is 1.21 bits per heavy atom. The molecule has 1 N–H and O–H groups in total. The summed E-state index contributed by atoms with van der Waals surface area (Å²) in [5, 5.41) is 8.52. The number of hydrogen-bond acceptors (Lipinski definition) is 8. The molecule has 1 fully saturated rings. The minimum Gasteiger partial charge on any atom is -0.496 e. The van der Waals surface area contributed by atoms with Crippen molar-refractivity contribution in [2.45, 2.75) is 24.3 Å². The number of aromatic nitrogens is 4. The number of methoxy groups -OCH3 is 2. The molecule has 0 unspecified atom stereocenters. The van der Waals surface area contributed by atoms with Gasteiger partial charge >= 0.3 is 0 Å². The summed E-state index contributed by atoms with van der Waals surface area (Å²) in [6.45, 7) is 0.486. The Morgan fingerprint density at radius 2 is 2.03 bits per heavy atom. The zero-order chi connectivity index (χ0) is 23.7. The molecule has 0 saturated heterocycles. The van der Waals surface area contributed by atoms with E-state index in [-0.39, 0.29) is 16.5 Å². The van der Waals surface area contributed by atoms with Crippen LogP contribution in [0.3, 0.4) is 0 Å². The molecule has 0 amide bonds. The Labute approximate surface area is 195 Å². The smallest absolute Gasteiger partial charge is 0.268 e. The Hall–Kier alpha value is -4.04. The number of fused-ring (bicyclic) bond motifs is 1. The van der Waals surface area contributed by atoms with Crippen molar-refractivity contribution in [1.82, 2.24) is 19.9 Å². The number of hydrogen-bond donors (Lipinski definition) is 1. The molecule has 1 aliphatic carbocycles. The second-order valence-corrected chi connectivity index (χ2v) is 9.43. The Balaban J connectivity index is 1.47. The fourth-order valence-electron chi connectivity index (χ4n) is 3.43. The highest BCUT2D eigenvalue weighted by Gasteiger charge is 2.25. The molecular formula is C23H21N5O5S. The molecule has 5 rings (SSSR count). The molecule has 11 heteroatoms. The molecule has 1 aromatic carbocycles. The third-order valence-electron chi connectivity index (χ3n) is 5.28. The SMILES string of the molecule is COc1cc(C#CC2CC2)ncc1S(=O)(=O)Nc1noc2cc(Cn3cccn3)cc(OC)c12. The van der Waals surface area contributed by atoms with E-state index in [1.54, 1.807) is 23.0 Å². The number of sulfonamides is 1. The summed E-state index contributed by atoms with van der Waals surface area (Å²) in [5.74, 6) is 6.99. The lowest BCUT2D eigenvalue weighted by atomic mass is 10.1. The van der Waals surface area contributed by atoms with E-state index in [0.29, 0.717) is 34.9 Å². The van der Waals surface area contributed by atoms with Gasteiger partial charge in [0.05, 0.1) is 27.0 Å². The summed E-state index contributed by atoms with van der Waals surface area (Å²) in [7, 11) is -1.22. The first-order valence-electron chi connectivity index (χ1n) is 10.5. The molecule has 0 spiro atoms. The maximum atomic E-state index is 13.2. The van der Waals surface area contributed by atoms with Gasteiger partial charge in [-0.1, -0.05) is 11.1 Å². The van der Waals surface area contributed by atoms with Crippen molar-refractivity contribution >= 4 is 26.8 Å². The number of nitrogens with one attached hydrogen (secondary N) is 1. The van der Waals surface area contributed by atoms with Crippen molar-refractivity contribution < 1.29 is 22.4 Å². The number of anilines is 1. The molecule has 10 nitrogen and oxygen atoms in total. The maximum Gasteiger partial charge on any atom is 0.268 e. The highest BCUT2D eigenvalue weighted by atomic mass is 32.2. The van der Waals surface area contributed by atoms with Gasteiger partial charge in [0.2, 0.25) is 0 Å². The van der Waals surface area contributed by atoms with Crippen LogP contribution in [0.4, 0.5) is 5.82 Å². The van der Waals surface area contributed by atoms with Gasteiger partial charge in [0.15, 0.2) is 11.4 Å². The number of pyridine rings is 1. The van der Waals surface area contributed by atoms with Crippen LogP contribution in [-0.2, 0) is 16.6 Å². The lowest BCUT2D eigenvalue weighted by molar-refractivity contribution is 0.401. The summed E-state index contributed by atoms with van der Waals surface area (Å²) < 4.78 is 46.8. The van der Waals surface area contributed by atoms with Crippen LogP contribution in [0, 0.1) is 17.8 Å². The van der Waals surface area contributed by atoms with Gasteiger partial charge in [0.1, 0.15) is 27.5 Å². The Morgan fingerprint density at radius 3 is 2.74 bits per heavy atom. The fraction of sp³-hybridized carbons (Fsp3) is 0.261. The first-order valence-corrected chi connectivity index (χ1v) is 12.0. The van der Waals surface area contributed by atoms with Gasteiger partial charge in [0, 0.05) is 24.4 Å². The van der Waals surface area contributed by atoms with Crippen LogP contribution in [0.25, 0.3) is 11.0 Å². The summed E-state index contributed by atoms with van der Waals surface area (Å²) in [6.07, 6.45) is 6.91. The predicted molar refractivity (Wildman–Crippen MR) is 123 cm³/mol. The average Bonchev–Trinajstić information content (AvgIpc) is 3.38. The summed E-state index contributed by atoms with van der Waals surface area (Å²) in [5.41, 5.74) is 1.67. The normalized spacial score (nSPS) is 13.4. The van der Waals surface area contributed by atoms with Gasteiger partial charge in [-0.15, -0.1) is 0 Å². The van der Waals surface area contributed by atoms with E-state index in [4.69, 9.17) is 14.0 Å². The van der Waals surface area contributed by atoms with Gasteiger partial charge in [-0.05, 0) is 42.5 Å². The summed E-state index contributed by atoms with van der Waals surface area (Å²) in [4.78, 5) is 4.03. The van der Waals surface area contributed by atoms with Crippen molar-refractivity contribution in [2.24, 2.45) is 5.92 Å². The molecule has 0 bridgehead atoms. The minimum atomic E-state index is -4.11. The predicted octanol–water partition coefficient (Wildman–Crippen LogP) is 3.05. The molecule has 3 aromatic heterocycles. The molecule has 0 atom stereocenters. The zero-order valence-corrected chi connectivity index (χ0v) is 19.3. The molecule has 34 heavy (non-hydrogen) atoms. The van der Waals surface area contributed by atoms with E-state index in [2.05, 4.69) is 31.8 Å². The Bertz CT molecular complexity index is 1510. The van der Waals surface area contributed by atoms with Crippen molar-refractivity contribution in [2.75, 3.05) is 18.9 Å². The second-order valence-electron chi connectivity index (χ2n) is 7.78. The van der Waals surface area contributed by atoms with Gasteiger partial charge in [-0.3, -0.25) is 9.40 Å². The second kappa shape index (κ2) is 8.72.